The molecule has 0 aromatic heterocycles. The molecule has 0 saturated heterocycles. The fourth-order valence-corrected chi connectivity index (χ4v) is 1.81. The molecule has 0 aromatic rings. The molecule has 0 spiro atoms. The minimum Gasteiger partial charge on any atom is -0.269 e. The van der Waals surface area contributed by atoms with Gasteiger partial charge in [-0.2, -0.15) is 11.1 Å². The van der Waals surface area contributed by atoms with Crippen LogP contribution in [0.1, 0.15) is 32.6 Å². The molecule has 0 aliphatic heterocycles. The zero-order valence-electron chi connectivity index (χ0n) is 6.03. The predicted octanol–water partition coefficient (Wildman–Crippen LogP) is 2.46. The first-order chi connectivity index (χ1) is 3.91. The van der Waals surface area contributed by atoms with Gasteiger partial charge in [0.2, 0.25) is 0 Å². The lowest BCUT2D eigenvalue weighted by molar-refractivity contribution is 0.701. The van der Waals surface area contributed by atoms with Crippen LogP contribution in [-0.2, 0) is 0 Å². The highest BCUT2D eigenvalue weighted by Crippen LogP contribution is 2.02. The second-order valence-corrected chi connectivity index (χ2v) is 4.32. The molecule has 0 N–H and O–H groups in total. The quantitative estimate of drug-likeness (QED) is 0.338. The van der Waals surface area contributed by atoms with Gasteiger partial charge in [0, 0.05) is 0 Å². The molecule has 0 amide bonds. The Morgan fingerprint density at radius 1 is 1.22 bits per heavy atom. The fraction of sp³-hybridized carbons (Fsp3) is 1.00. The first kappa shape index (κ1) is 12.1. The zero-order valence-corrected chi connectivity index (χ0v) is 8.20. The van der Waals surface area contributed by atoms with E-state index in [1.807, 2.05) is 0 Å². The summed E-state index contributed by atoms with van der Waals surface area (Å²) in [6.07, 6.45) is 5.51. The van der Waals surface area contributed by atoms with Gasteiger partial charge >= 0.3 is 0 Å². The summed E-state index contributed by atoms with van der Waals surface area (Å²) in [5.41, 5.74) is 0. The van der Waals surface area contributed by atoms with Gasteiger partial charge in [0.25, 0.3) is 0 Å². The molecule has 0 unspecified atom stereocenters. The van der Waals surface area contributed by atoms with Crippen LogP contribution in [0.25, 0.3) is 0 Å². The molecule has 58 valence electrons. The van der Waals surface area contributed by atoms with Gasteiger partial charge in [-0.1, -0.05) is 32.6 Å². The number of hydrogen-bond acceptors (Lipinski definition) is 0. The van der Waals surface area contributed by atoms with E-state index in [1.165, 1.54) is 31.7 Å². The van der Waals surface area contributed by atoms with Crippen LogP contribution in [0.3, 0.4) is 0 Å². The number of halogens is 2. The first-order valence-electron chi connectivity index (χ1n) is 3.47. The largest absolute Gasteiger partial charge is 0.269 e. The average Bonchev–Trinajstić information content (AvgIpc) is 1.81. The summed E-state index contributed by atoms with van der Waals surface area (Å²) in [4.78, 5) is 0. The molecule has 0 aliphatic rings. The summed E-state index contributed by atoms with van der Waals surface area (Å²) in [5, 5.41) is 0. The van der Waals surface area contributed by atoms with Crippen LogP contribution in [0.4, 0.5) is 4.70 Å². The maximum Gasteiger partial charge on any atom is 0.125 e. The predicted molar refractivity (Wildman–Crippen MR) is 45.8 cm³/mol. The van der Waals surface area contributed by atoms with E-state index in [2.05, 4.69) is 6.92 Å². The van der Waals surface area contributed by atoms with Crippen molar-refractivity contribution in [1.82, 2.24) is 0 Å². The Hall–Kier alpha value is 0.437. The molecular weight excluding hydrogens is 155 g/mol. The summed E-state index contributed by atoms with van der Waals surface area (Å²) in [5.74, 6) is 0. The summed E-state index contributed by atoms with van der Waals surface area (Å²) in [7, 11) is -0.142. The van der Waals surface area contributed by atoms with Crippen molar-refractivity contribution in [2.45, 2.75) is 38.7 Å². The lowest BCUT2D eigenvalue weighted by Gasteiger charge is -1.92. The third-order valence-electron chi connectivity index (χ3n) is 1.24. The molecular formula is C6H16ClFSi. The molecule has 0 rings (SSSR count). The summed E-state index contributed by atoms with van der Waals surface area (Å²) >= 11 is 5.62. The Morgan fingerprint density at radius 3 is 2.33 bits per heavy atom. The number of rotatable bonds is 5. The topological polar surface area (TPSA) is 0 Å². The van der Waals surface area contributed by atoms with E-state index in [0.717, 1.165) is 0 Å². The highest BCUT2D eigenvalue weighted by atomic mass is 35.6. The molecule has 0 radical (unpaired) electrons. The molecule has 0 saturated carbocycles. The monoisotopic (exact) mass is 170 g/mol. The summed E-state index contributed by atoms with van der Waals surface area (Å²) < 4.78 is 0. The molecule has 0 fully saturated rings. The van der Waals surface area contributed by atoms with E-state index >= 15 is 0 Å². The molecule has 0 bridgehead atoms. The zero-order chi connectivity index (χ0) is 6.24. The van der Waals surface area contributed by atoms with Crippen LogP contribution in [0.5, 0.6) is 0 Å². The van der Waals surface area contributed by atoms with E-state index in [0.29, 0.717) is 0 Å². The third kappa shape index (κ3) is 11.8. The fourth-order valence-electron chi connectivity index (χ4n) is 0.698. The molecule has 3 heteroatoms. The molecule has 0 aromatic carbocycles. The van der Waals surface area contributed by atoms with Crippen molar-refractivity contribution in [1.29, 1.82) is 0 Å². The Morgan fingerprint density at radius 2 is 1.89 bits per heavy atom. The van der Waals surface area contributed by atoms with Crippen LogP contribution in [0.2, 0.25) is 6.04 Å². The average molecular weight is 171 g/mol. The maximum atomic E-state index is 5.62. The van der Waals surface area contributed by atoms with Crippen molar-refractivity contribution in [2.75, 3.05) is 0 Å². The number of unbranched alkanes of at least 4 members (excludes halogenated alkanes) is 3. The van der Waals surface area contributed by atoms with E-state index < -0.39 is 0 Å². The van der Waals surface area contributed by atoms with Crippen molar-refractivity contribution in [2.24, 2.45) is 0 Å². The molecule has 0 nitrogen and oxygen atoms in total. The molecule has 0 aliphatic carbocycles. The normalized spacial score (nSPS) is 10.0. The second-order valence-electron chi connectivity index (χ2n) is 2.10. The Kier molecular flexibility index (Phi) is 15.2. The van der Waals surface area contributed by atoms with Crippen molar-refractivity contribution in [3.05, 3.63) is 0 Å². The van der Waals surface area contributed by atoms with Gasteiger partial charge in [-0.3, -0.25) is 4.70 Å². The first-order valence-corrected chi connectivity index (χ1v) is 6.61. The van der Waals surface area contributed by atoms with E-state index in [4.69, 9.17) is 11.1 Å². The molecule has 9 heavy (non-hydrogen) atoms. The van der Waals surface area contributed by atoms with Gasteiger partial charge in [-0.25, -0.2) is 0 Å². The highest BCUT2D eigenvalue weighted by Gasteiger charge is 1.85. The maximum absolute atomic E-state index is 5.62. The van der Waals surface area contributed by atoms with Gasteiger partial charge < -0.3 is 0 Å². The Balaban J connectivity index is 0. The lowest BCUT2D eigenvalue weighted by Crippen LogP contribution is -1.78. The van der Waals surface area contributed by atoms with Crippen LogP contribution < -0.4 is 0 Å². The minimum absolute atomic E-state index is 0. The van der Waals surface area contributed by atoms with Crippen LogP contribution in [-0.4, -0.2) is 8.83 Å². The van der Waals surface area contributed by atoms with E-state index in [1.54, 1.807) is 0 Å². The SMILES string of the molecule is CCCCCC[SiH2]Cl.F. The standard InChI is InChI=1S/C6H15ClSi.FH/c1-2-3-4-5-6-8-7;/h2-6,8H2,1H3;1H. The lowest BCUT2D eigenvalue weighted by atomic mass is 10.2. The van der Waals surface area contributed by atoms with Gasteiger partial charge in [-0.15, -0.1) is 0 Å². The second kappa shape index (κ2) is 11.3. The van der Waals surface area contributed by atoms with Crippen molar-refractivity contribution in [3.63, 3.8) is 0 Å². The van der Waals surface area contributed by atoms with Crippen molar-refractivity contribution < 1.29 is 4.70 Å². The smallest absolute Gasteiger partial charge is 0.125 e. The van der Waals surface area contributed by atoms with E-state index in [-0.39, 0.29) is 13.5 Å². The van der Waals surface area contributed by atoms with Crippen molar-refractivity contribution >= 4 is 19.9 Å². The summed E-state index contributed by atoms with van der Waals surface area (Å²) in [6.45, 7) is 2.23. The summed E-state index contributed by atoms with van der Waals surface area (Å²) in [6, 6.07) is 1.33. The Labute approximate surface area is 63.9 Å². The van der Waals surface area contributed by atoms with Gasteiger partial charge in [-0.05, 0) is 6.04 Å². The minimum atomic E-state index is -0.142. The van der Waals surface area contributed by atoms with Crippen molar-refractivity contribution in [3.8, 4) is 0 Å². The van der Waals surface area contributed by atoms with Gasteiger partial charge in [0.1, 0.15) is 8.83 Å². The van der Waals surface area contributed by atoms with Crippen LogP contribution in [0.15, 0.2) is 0 Å². The van der Waals surface area contributed by atoms with Crippen LogP contribution >= 0.6 is 11.1 Å². The number of hydrogen-bond donors (Lipinski definition) is 0. The molecule has 0 atom stereocenters. The van der Waals surface area contributed by atoms with Crippen LogP contribution in [0, 0.1) is 0 Å². The van der Waals surface area contributed by atoms with Gasteiger partial charge in [0.05, 0.1) is 0 Å². The third-order valence-corrected chi connectivity index (χ3v) is 2.81. The Bertz CT molecular complexity index is 38.0. The highest BCUT2D eigenvalue weighted by molar-refractivity contribution is 6.93. The van der Waals surface area contributed by atoms with Gasteiger partial charge in [0.15, 0.2) is 0 Å². The van der Waals surface area contributed by atoms with E-state index in [9.17, 15) is 0 Å². The molecule has 0 heterocycles.